The molecule has 0 spiro atoms. The van der Waals surface area contributed by atoms with Gasteiger partial charge in [-0.3, -0.25) is 0 Å². The van der Waals surface area contributed by atoms with Crippen molar-refractivity contribution in [2.45, 2.75) is 18.4 Å². The van der Waals surface area contributed by atoms with Crippen LogP contribution in [0.25, 0.3) is 0 Å². The quantitative estimate of drug-likeness (QED) is 0.220. The van der Waals surface area contributed by atoms with Gasteiger partial charge in [-0.05, 0) is 30.5 Å². The number of aliphatic imine (C=N–C) groups is 1. The summed E-state index contributed by atoms with van der Waals surface area (Å²) in [7, 11) is 0. The second kappa shape index (κ2) is 11.8. The average Bonchev–Trinajstić information content (AvgIpc) is 3.03. The highest BCUT2D eigenvalue weighted by Gasteiger charge is 1.98. The van der Waals surface area contributed by atoms with Crippen LogP contribution in [0.3, 0.4) is 0 Å². The molecule has 0 atom stereocenters. The summed E-state index contributed by atoms with van der Waals surface area (Å²) in [6.45, 7) is 4.60. The molecule has 1 heterocycles. The Morgan fingerprint density at radius 2 is 1.95 bits per heavy atom. The Kier molecular flexibility index (Phi) is 10.3. The molecule has 0 aliphatic carbocycles. The maximum absolute atomic E-state index is 4.60. The molecule has 3 nitrogen and oxygen atoms in total. The predicted molar refractivity (Wildman–Crippen MR) is 110 cm³/mol. The molecule has 0 radical (unpaired) electrons. The second-order valence-electron chi connectivity index (χ2n) is 4.36. The lowest BCUT2D eigenvalue weighted by Crippen LogP contribution is -2.38. The van der Waals surface area contributed by atoms with E-state index in [0.717, 1.165) is 31.3 Å². The van der Waals surface area contributed by atoms with E-state index in [1.807, 2.05) is 17.8 Å². The van der Waals surface area contributed by atoms with Gasteiger partial charge in [-0.2, -0.15) is 0 Å². The van der Waals surface area contributed by atoms with Crippen LogP contribution in [0, 0.1) is 0 Å². The van der Waals surface area contributed by atoms with Crippen LogP contribution in [0.15, 0.2) is 57.7 Å². The average molecular weight is 447 g/mol. The van der Waals surface area contributed by atoms with E-state index in [9.17, 15) is 0 Å². The zero-order chi connectivity index (χ0) is 14.8. The number of hydrogen-bond donors (Lipinski definition) is 2. The van der Waals surface area contributed by atoms with Gasteiger partial charge in [-0.1, -0.05) is 24.3 Å². The monoisotopic (exact) mass is 447 g/mol. The molecule has 0 bridgehead atoms. The topological polar surface area (TPSA) is 36.4 Å². The molecule has 0 saturated heterocycles. The fourth-order valence-corrected chi connectivity index (χ4v) is 3.17. The molecule has 0 aliphatic rings. The highest BCUT2D eigenvalue weighted by molar-refractivity contribution is 14.0. The van der Waals surface area contributed by atoms with Crippen LogP contribution in [-0.4, -0.2) is 24.8 Å². The van der Waals surface area contributed by atoms with E-state index in [2.05, 4.69) is 64.3 Å². The van der Waals surface area contributed by atoms with E-state index < -0.39 is 0 Å². The summed E-state index contributed by atoms with van der Waals surface area (Å²) in [5.74, 6) is 1.91. The van der Waals surface area contributed by atoms with E-state index in [1.54, 1.807) is 11.3 Å². The molecule has 0 fully saturated rings. The number of benzene rings is 1. The van der Waals surface area contributed by atoms with Gasteiger partial charge >= 0.3 is 0 Å². The summed E-state index contributed by atoms with van der Waals surface area (Å²) in [5, 5.41) is 8.74. The van der Waals surface area contributed by atoms with Crippen molar-refractivity contribution in [1.82, 2.24) is 10.6 Å². The molecule has 2 N–H and O–H groups in total. The molecule has 1 aromatic heterocycles. The first-order valence-corrected chi connectivity index (χ1v) is 8.97. The summed E-state index contributed by atoms with van der Waals surface area (Å²) < 4.78 is 0. The van der Waals surface area contributed by atoms with Gasteiger partial charge < -0.3 is 10.6 Å². The third-order valence-electron chi connectivity index (χ3n) is 2.72. The Hall–Kier alpha value is -0.730. The number of nitrogens with zero attached hydrogens (tertiary/aromatic N) is 1. The Labute approximate surface area is 158 Å². The van der Waals surface area contributed by atoms with Crippen LogP contribution in [0.1, 0.15) is 11.8 Å². The summed E-state index contributed by atoms with van der Waals surface area (Å²) >= 11 is 3.59. The molecule has 22 heavy (non-hydrogen) atoms. The van der Waals surface area contributed by atoms with Crippen molar-refractivity contribution >= 4 is 53.0 Å². The summed E-state index contributed by atoms with van der Waals surface area (Å²) in [6.07, 6.45) is 0. The third kappa shape index (κ3) is 7.51. The van der Waals surface area contributed by atoms with E-state index in [4.69, 9.17) is 0 Å². The minimum atomic E-state index is 0. The number of halogens is 1. The standard InChI is InChI=1S/C16H21N3S2.HI/c1-2-17-16(19-13-15-9-6-11-20-15)18-10-12-21-14-7-4-3-5-8-14;/h3-9,11H,2,10,12-13H2,1H3,(H2,17,18,19);1H. The van der Waals surface area contributed by atoms with Gasteiger partial charge in [-0.15, -0.1) is 47.1 Å². The van der Waals surface area contributed by atoms with Crippen LogP contribution in [-0.2, 0) is 6.54 Å². The molecule has 0 saturated carbocycles. The predicted octanol–water partition coefficient (Wildman–Crippen LogP) is 4.21. The Balaban J connectivity index is 0.00000242. The molecule has 2 aromatic rings. The van der Waals surface area contributed by atoms with Crippen LogP contribution in [0.4, 0.5) is 0 Å². The molecular weight excluding hydrogens is 425 g/mol. The second-order valence-corrected chi connectivity index (χ2v) is 6.56. The molecule has 0 aliphatic heterocycles. The van der Waals surface area contributed by atoms with Gasteiger partial charge in [-0.25, -0.2) is 4.99 Å². The number of nitrogens with one attached hydrogen (secondary N) is 2. The van der Waals surface area contributed by atoms with Crippen molar-refractivity contribution in [1.29, 1.82) is 0 Å². The maximum Gasteiger partial charge on any atom is 0.191 e. The highest BCUT2D eigenvalue weighted by atomic mass is 127. The number of hydrogen-bond acceptors (Lipinski definition) is 3. The zero-order valence-electron chi connectivity index (χ0n) is 12.6. The SMILES string of the molecule is CCNC(=NCc1cccs1)NCCSc1ccccc1.I. The first kappa shape index (κ1) is 19.3. The van der Waals surface area contributed by atoms with Crippen molar-refractivity contribution in [3.8, 4) is 0 Å². The summed E-state index contributed by atoms with van der Waals surface area (Å²) in [6, 6.07) is 14.6. The van der Waals surface area contributed by atoms with Crippen molar-refractivity contribution in [2.75, 3.05) is 18.8 Å². The molecule has 120 valence electrons. The molecule has 2 rings (SSSR count). The van der Waals surface area contributed by atoms with Crippen molar-refractivity contribution in [3.63, 3.8) is 0 Å². The van der Waals surface area contributed by atoms with E-state index >= 15 is 0 Å². The zero-order valence-corrected chi connectivity index (χ0v) is 16.6. The van der Waals surface area contributed by atoms with E-state index in [1.165, 1.54) is 9.77 Å². The van der Waals surface area contributed by atoms with Gasteiger partial charge in [0.15, 0.2) is 5.96 Å². The first-order valence-electron chi connectivity index (χ1n) is 7.11. The minimum absolute atomic E-state index is 0. The van der Waals surface area contributed by atoms with Gasteiger partial charge in [0, 0.05) is 28.6 Å². The number of thioether (sulfide) groups is 1. The van der Waals surface area contributed by atoms with Crippen LogP contribution in [0.5, 0.6) is 0 Å². The fraction of sp³-hybridized carbons (Fsp3) is 0.312. The molecule has 0 unspecified atom stereocenters. The van der Waals surface area contributed by atoms with Gasteiger partial charge in [0.05, 0.1) is 6.54 Å². The number of thiophene rings is 1. The van der Waals surface area contributed by atoms with Crippen molar-refractivity contribution < 1.29 is 0 Å². The van der Waals surface area contributed by atoms with E-state index in [0.29, 0.717) is 0 Å². The Morgan fingerprint density at radius 1 is 1.14 bits per heavy atom. The number of guanidine groups is 1. The van der Waals surface area contributed by atoms with Crippen LogP contribution < -0.4 is 10.6 Å². The fourth-order valence-electron chi connectivity index (χ4n) is 1.76. The smallest absolute Gasteiger partial charge is 0.191 e. The summed E-state index contributed by atoms with van der Waals surface area (Å²) in [5.41, 5.74) is 0. The number of rotatable bonds is 7. The Morgan fingerprint density at radius 3 is 2.64 bits per heavy atom. The van der Waals surface area contributed by atoms with Gasteiger partial charge in [0.25, 0.3) is 0 Å². The van der Waals surface area contributed by atoms with Gasteiger partial charge in [0.1, 0.15) is 0 Å². The third-order valence-corrected chi connectivity index (χ3v) is 4.60. The molecule has 0 amide bonds. The molecule has 6 heteroatoms. The highest BCUT2D eigenvalue weighted by Crippen LogP contribution is 2.15. The van der Waals surface area contributed by atoms with Gasteiger partial charge in [0.2, 0.25) is 0 Å². The Bertz CT molecular complexity index is 530. The lowest BCUT2D eigenvalue weighted by atomic mass is 10.4. The summed E-state index contributed by atoms with van der Waals surface area (Å²) in [4.78, 5) is 7.18. The van der Waals surface area contributed by atoms with Crippen LogP contribution in [0.2, 0.25) is 0 Å². The van der Waals surface area contributed by atoms with Crippen molar-refractivity contribution in [3.05, 3.63) is 52.7 Å². The lowest BCUT2D eigenvalue weighted by molar-refractivity contribution is 0.845. The molecular formula is C16H22IN3S2. The molecule has 1 aromatic carbocycles. The maximum atomic E-state index is 4.60. The van der Waals surface area contributed by atoms with Crippen LogP contribution >= 0.6 is 47.1 Å². The van der Waals surface area contributed by atoms with Crippen molar-refractivity contribution in [2.24, 2.45) is 4.99 Å². The lowest BCUT2D eigenvalue weighted by Gasteiger charge is -2.10. The van der Waals surface area contributed by atoms with E-state index in [-0.39, 0.29) is 24.0 Å². The minimum Gasteiger partial charge on any atom is -0.357 e. The largest absolute Gasteiger partial charge is 0.357 e. The normalized spacial score (nSPS) is 10.9. The first-order chi connectivity index (χ1) is 10.4.